The van der Waals surface area contributed by atoms with E-state index in [0.29, 0.717) is 12.2 Å². The Hall–Kier alpha value is -1.68. The molecule has 1 N–H and O–H groups in total. The highest BCUT2D eigenvalue weighted by Gasteiger charge is 2.39. The van der Waals surface area contributed by atoms with E-state index in [1.807, 2.05) is 29.9 Å². The number of Topliss-reactive ketones (excluding diaryl/α,β-unsaturated/α-hetero) is 1. The fraction of sp³-hybridized carbons (Fsp3) is 0.529. The summed E-state index contributed by atoms with van der Waals surface area (Å²) >= 11 is 0. The number of nitrogens with zero attached hydrogens (tertiary/aromatic N) is 2. The molecule has 1 fully saturated rings. The highest BCUT2D eigenvalue weighted by molar-refractivity contribution is 5.94. The standard InChI is InChI=1S/C17H23N3O/c1-3-9-17(10-6-11-18-17)16(21)12-14-13-7-4-5-8-15(13)20(2)19-14/h4-5,7-8,18H,3,6,9-12H2,1-2H3. The molecule has 0 aliphatic carbocycles. The van der Waals surface area contributed by atoms with Crippen LogP contribution < -0.4 is 5.32 Å². The molecular weight excluding hydrogens is 262 g/mol. The monoisotopic (exact) mass is 285 g/mol. The second-order valence-corrected chi connectivity index (χ2v) is 6.05. The molecule has 1 aliphatic heterocycles. The number of aryl methyl sites for hydroxylation is 1. The van der Waals surface area contributed by atoms with Gasteiger partial charge in [0.2, 0.25) is 0 Å². The minimum absolute atomic E-state index is 0.297. The van der Waals surface area contributed by atoms with Gasteiger partial charge in [-0.3, -0.25) is 9.48 Å². The molecule has 1 atom stereocenters. The van der Waals surface area contributed by atoms with Crippen molar-refractivity contribution in [3.8, 4) is 0 Å². The van der Waals surface area contributed by atoms with E-state index in [-0.39, 0.29) is 5.54 Å². The summed E-state index contributed by atoms with van der Waals surface area (Å²) in [6.07, 6.45) is 4.44. The Labute approximate surface area is 125 Å². The van der Waals surface area contributed by atoms with Crippen LogP contribution in [0.4, 0.5) is 0 Å². The molecule has 1 aromatic carbocycles. The lowest BCUT2D eigenvalue weighted by molar-refractivity contribution is -0.124. The summed E-state index contributed by atoms with van der Waals surface area (Å²) in [7, 11) is 1.94. The Morgan fingerprint density at radius 1 is 1.43 bits per heavy atom. The molecular formula is C17H23N3O. The zero-order chi connectivity index (χ0) is 14.9. The van der Waals surface area contributed by atoms with Crippen LogP contribution in [0.3, 0.4) is 0 Å². The minimum atomic E-state index is -0.312. The minimum Gasteiger partial charge on any atom is -0.305 e. The lowest BCUT2D eigenvalue weighted by Crippen LogP contribution is -2.48. The van der Waals surface area contributed by atoms with Gasteiger partial charge in [-0.05, 0) is 31.9 Å². The maximum atomic E-state index is 12.9. The van der Waals surface area contributed by atoms with Crippen LogP contribution in [0.15, 0.2) is 24.3 Å². The van der Waals surface area contributed by atoms with Gasteiger partial charge in [-0.15, -0.1) is 0 Å². The number of benzene rings is 1. The fourth-order valence-electron chi connectivity index (χ4n) is 3.56. The smallest absolute Gasteiger partial charge is 0.158 e. The number of rotatable bonds is 5. The summed E-state index contributed by atoms with van der Waals surface area (Å²) in [4.78, 5) is 12.9. The average Bonchev–Trinajstić information content (AvgIpc) is 3.07. The van der Waals surface area contributed by atoms with Gasteiger partial charge in [-0.25, -0.2) is 0 Å². The number of fused-ring (bicyclic) bond motifs is 1. The van der Waals surface area contributed by atoms with Crippen LogP contribution in [-0.4, -0.2) is 27.6 Å². The quantitative estimate of drug-likeness (QED) is 0.918. The van der Waals surface area contributed by atoms with Gasteiger partial charge in [0, 0.05) is 12.4 Å². The van der Waals surface area contributed by atoms with Crippen molar-refractivity contribution in [1.29, 1.82) is 0 Å². The van der Waals surface area contributed by atoms with Crippen molar-refractivity contribution in [1.82, 2.24) is 15.1 Å². The third-order valence-electron chi connectivity index (χ3n) is 4.62. The van der Waals surface area contributed by atoms with Crippen LogP contribution in [0.5, 0.6) is 0 Å². The molecule has 0 saturated carbocycles. The lowest BCUT2D eigenvalue weighted by atomic mass is 9.85. The Bertz CT molecular complexity index is 653. The number of para-hydroxylation sites is 1. The molecule has 1 aromatic heterocycles. The highest BCUT2D eigenvalue weighted by Crippen LogP contribution is 2.28. The van der Waals surface area contributed by atoms with Crippen molar-refractivity contribution in [3.63, 3.8) is 0 Å². The summed E-state index contributed by atoms with van der Waals surface area (Å²) in [6.45, 7) is 3.10. The van der Waals surface area contributed by atoms with E-state index in [9.17, 15) is 4.79 Å². The van der Waals surface area contributed by atoms with Crippen molar-refractivity contribution in [2.45, 2.75) is 44.6 Å². The fourth-order valence-corrected chi connectivity index (χ4v) is 3.56. The summed E-state index contributed by atoms with van der Waals surface area (Å²) < 4.78 is 1.87. The van der Waals surface area contributed by atoms with E-state index in [0.717, 1.165) is 48.8 Å². The number of ketones is 1. The van der Waals surface area contributed by atoms with Crippen LogP contribution >= 0.6 is 0 Å². The topological polar surface area (TPSA) is 46.9 Å². The average molecular weight is 285 g/mol. The zero-order valence-electron chi connectivity index (χ0n) is 12.9. The summed E-state index contributed by atoms with van der Waals surface area (Å²) in [5.74, 6) is 0.297. The first-order chi connectivity index (χ1) is 10.2. The molecule has 0 bridgehead atoms. The first-order valence-corrected chi connectivity index (χ1v) is 7.85. The Morgan fingerprint density at radius 2 is 2.24 bits per heavy atom. The van der Waals surface area contributed by atoms with Crippen molar-refractivity contribution in [2.75, 3.05) is 6.54 Å². The number of carbonyl (C=O) groups excluding carboxylic acids is 1. The molecule has 1 aliphatic rings. The summed E-state index contributed by atoms with van der Waals surface area (Å²) in [5.41, 5.74) is 1.68. The number of carbonyl (C=O) groups is 1. The molecule has 0 amide bonds. The van der Waals surface area contributed by atoms with Gasteiger partial charge in [-0.2, -0.15) is 5.10 Å². The Morgan fingerprint density at radius 3 is 2.95 bits per heavy atom. The van der Waals surface area contributed by atoms with Gasteiger partial charge in [0.25, 0.3) is 0 Å². The Kier molecular flexibility index (Phi) is 3.81. The second kappa shape index (κ2) is 5.60. The van der Waals surface area contributed by atoms with Gasteiger partial charge < -0.3 is 5.32 Å². The third-order valence-corrected chi connectivity index (χ3v) is 4.62. The van der Waals surface area contributed by atoms with E-state index >= 15 is 0 Å². The van der Waals surface area contributed by atoms with Gasteiger partial charge in [-0.1, -0.05) is 31.5 Å². The van der Waals surface area contributed by atoms with E-state index < -0.39 is 0 Å². The molecule has 1 saturated heterocycles. The van der Waals surface area contributed by atoms with Crippen LogP contribution in [-0.2, 0) is 18.3 Å². The summed E-state index contributed by atoms with van der Waals surface area (Å²) in [6, 6.07) is 8.12. The van der Waals surface area contributed by atoms with Crippen LogP contribution in [0.1, 0.15) is 38.3 Å². The molecule has 21 heavy (non-hydrogen) atoms. The van der Waals surface area contributed by atoms with E-state index in [4.69, 9.17) is 0 Å². The largest absolute Gasteiger partial charge is 0.305 e. The van der Waals surface area contributed by atoms with Crippen LogP contribution in [0, 0.1) is 0 Å². The predicted octanol–water partition coefficient (Wildman–Crippen LogP) is 2.61. The molecule has 2 heterocycles. The number of hydrogen-bond acceptors (Lipinski definition) is 3. The molecule has 1 unspecified atom stereocenters. The highest BCUT2D eigenvalue weighted by atomic mass is 16.1. The second-order valence-electron chi connectivity index (χ2n) is 6.05. The normalized spacial score (nSPS) is 22.0. The number of hydrogen-bond donors (Lipinski definition) is 1. The van der Waals surface area contributed by atoms with Crippen LogP contribution in [0.25, 0.3) is 10.9 Å². The lowest BCUT2D eigenvalue weighted by Gasteiger charge is -2.27. The molecule has 4 heteroatoms. The van der Waals surface area contributed by atoms with Gasteiger partial charge in [0.15, 0.2) is 5.78 Å². The molecule has 112 valence electrons. The Balaban J connectivity index is 1.89. The number of nitrogens with one attached hydrogen (secondary N) is 1. The van der Waals surface area contributed by atoms with Gasteiger partial charge in [0.05, 0.1) is 23.2 Å². The predicted molar refractivity (Wildman–Crippen MR) is 84.3 cm³/mol. The third kappa shape index (κ3) is 2.48. The molecule has 0 radical (unpaired) electrons. The van der Waals surface area contributed by atoms with E-state index in [1.165, 1.54) is 0 Å². The van der Waals surface area contributed by atoms with Crippen LogP contribution in [0.2, 0.25) is 0 Å². The van der Waals surface area contributed by atoms with Gasteiger partial charge in [0.1, 0.15) is 0 Å². The SMILES string of the molecule is CCCC1(C(=O)Cc2nn(C)c3ccccc23)CCCN1. The first kappa shape index (κ1) is 14.3. The molecule has 4 nitrogen and oxygen atoms in total. The van der Waals surface area contributed by atoms with Crippen molar-refractivity contribution < 1.29 is 4.79 Å². The number of aromatic nitrogens is 2. The van der Waals surface area contributed by atoms with Crippen molar-refractivity contribution in [3.05, 3.63) is 30.0 Å². The maximum absolute atomic E-state index is 12.9. The molecule has 2 aromatic rings. The molecule has 3 rings (SSSR count). The zero-order valence-corrected chi connectivity index (χ0v) is 12.9. The summed E-state index contributed by atoms with van der Waals surface area (Å²) in [5, 5.41) is 9.12. The van der Waals surface area contributed by atoms with Crippen molar-refractivity contribution >= 4 is 16.7 Å². The van der Waals surface area contributed by atoms with E-state index in [2.05, 4.69) is 23.4 Å². The van der Waals surface area contributed by atoms with Gasteiger partial charge >= 0.3 is 0 Å². The van der Waals surface area contributed by atoms with E-state index in [1.54, 1.807) is 0 Å². The maximum Gasteiger partial charge on any atom is 0.158 e. The van der Waals surface area contributed by atoms with Crippen molar-refractivity contribution in [2.24, 2.45) is 7.05 Å². The molecule has 0 spiro atoms. The first-order valence-electron chi connectivity index (χ1n) is 7.85.